The molecule has 0 radical (unpaired) electrons. The number of hydrogen-bond donors (Lipinski definition) is 1. The zero-order chi connectivity index (χ0) is 15.8. The molecule has 1 aromatic rings. The molecule has 4 nitrogen and oxygen atoms in total. The highest BCUT2D eigenvalue weighted by Gasteiger charge is 2.35. The van der Waals surface area contributed by atoms with Crippen LogP contribution in [0, 0.1) is 19.8 Å². The number of aryl methyl sites for hydroxylation is 1. The van der Waals surface area contributed by atoms with E-state index in [1.807, 2.05) is 26.8 Å². The van der Waals surface area contributed by atoms with Crippen LogP contribution in [0.4, 0.5) is 0 Å². The van der Waals surface area contributed by atoms with Gasteiger partial charge in [-0.1, -0.05) is 13.0 Å². The summed E-state index contributed by atoms with van der Waals surface area (Å²) in [6.45, 7) is 8.25. The Labute approximate surface area is 127 Å². The molecule has 1 N–H and O–H groups in total. The summed E-state index contributed by atoms with van der Waals surface area (Å²) in [6, 6.07) is 3.47. The minimum atomic E-state index is -3.51. The van der Waals surface area contributed by atoms with Gasteiger partial charge in [0.05, 0.1) is 11.5 Å². The van der Waals surface area contributed by atoms with Crippen molar-refractivity contribution in [3.05, 3.63) is 28.8 Å². The average Bonchev–Trinajstić information content (AvgIpc) is 2.44. The van der Waals surface area contributed by atoms with Crippen LogP contribution in [0.25, 0.3) is 0 Å². The standard InChI is InChI=1S/C16H25NO3S/c1-11-6-5-7-17(14(11)4)21(19,20)16-9-15(10-18)8-12(2)13(16)3/h8-9,11,14,18H,5-7,10H2,1-4H3. The minimum Gasteiger partial charge on any atom is -0.392 e. The highest BCUT2D eigenvalue weighted by atomic mass is 32.2. The van der Waals surface area contributed by atoms with E-state index in [2.05, 4.69) is 6.92 Å². The molecule has 2 atom stereocenters. The van der Waals surface area contributed by atoms with Crippen LogP contribution in [-0.2, 0) is 16.6 Å². The first-order chi connectivity index (χ1) is 9.78. The second-order valence-electron chi connectivity index (χ2n) is 6.17. The maximum atomic E-state index is 13.0. The Morgan fingerprint density at radius 1 is 1.29 bits per heavy atom. The molecule has 0 amide bonds. The Kier molecular flexibility index (Phi) is 4.76. The zero-order valence-electron chi connectivity index (χ0n) is 13.3. The van der Waals surface area contributed by atoms with Crippen molar-refractivity contribution in [2.75, 3.05) is 6.54 Å². The smallest absolute Gasteiger partial charge is 0.243 e. The molecule has 5 heteroatoms. The van der Waals surface area contributed by atoms with E-state index in [1.54, 1.807) is 10.4 Å². The van der Waals surface area contributed by atoms with Crippen LogP contribution in [0.3, 0.4) is 0 Å². The van der Waals surface area contributed by atoms with Gasteiger partial charge in [-0.3, -0.25) is 0 Å². The number of hydrogen-bond acceptors (Lipinski definition) is 3. The molecule has 1 fully saturated rings. The second kappa shape index (κ2) is 6.07. The summed E-state index contributed by atoms with van der Waals surface area (Å²) < 4.78 is 27.7. The lowest BCUT2D eigenvalue weighted by atomic mass is 9.94. The molecule has 0 spiro atoms. The first kappa shape index (κ1) is 16.5. The Morgan fingerprint density at radius 2 is 1.95 bits per heavy atom. The monoisotopic (exact) mass is 311 g/mol. The topological polar surface area (TPSA) is 57.6 Å². The third-order valence-electron chi connectivity index (χ3n) is 4.76. The third-order valence-corrected chi connectivity index (χ3v) is 6.88. The molecule has 0 aliphatic carbocycles. The summed E-state index contributed by atoms with van der Waals surface area (Å²) in [6.07, 6.45) is 1.98. The average molecular weight is 311 g/mol. The van der Waals surface area contributed by atoms with Crippen LogP contribution < -0.4 is 0 Å². The molecular formula is C16H25NO3S. The van der Waals surface area contributed by atoms with Crippen molar-refractivity contribution in [1.29, 1.82) is 0 Å². The summed E-state index contributed by atoms with van der Waals surface area (Å²) in [5.41, 5.74) is 2.32. The van der Waals surface area contributed by atoms with Gasteiger partial charge in [-0.25, -0.2) is 8.42 Å². The van der Waals surface area contributed by atoms with Gasteiger partial charge in [0.2, 0.25) is 10.0 Å². The van der Waals surface area contributed by atoms with E-state index in [0.717, 1.165) is 24.0 Å². The zero-order valence-corrected chi connectivity index (χ0v) is 14.1. The molecule has 0 saturated carbocycles. The summed E-state index contributed by atoms with van der Waals surface area (Å²) in [7, 11) is -3.51. The Balaban J connectivity index is 2.51. The van der Waals surface area contributed by atoms with Crippen LogP contribution in [0.15, 0.2) is 17.0 Å². The first-order valence-corrected chi connectivity index (χ1v) is 8.96. The number of sulfonamides is 1. The Morgan fingerprint density at radius 3 is 2.57 bits per heavy atom. The number of nitrogens with zero attached hydrogens (tertiary/aromatic N) is 1. The molecule has 0 aromatic heterocycles. The van der Waals surface area contributed by atoms with E-state index in [-0.39, 0.29) is 12.6 Å². The number of aliphatic hydroxyl groups is 1. The Hall–Kier alpha value is -0.910. The van der Waals surface area contributed by atoms with Gasteiger partial charge in [-0.2, -0.15) is 4.31 Å². The van der Waals surface area contributed by atoms with Gasteiger partial charge < -0.3 is 5.11 Å². The van der Waals surface area contributed by atoms with E-state index in [9.17, 15) is 13.5 Å². The van der Waals surface area contributed by atoms with Gasteiger partial charge >= 0.3 is 0 Å². The number of piperidine rings is 1. The summed E-state index contributed by atoms with van der Waals surface area (Å²) in [5, 5.41) is 9.34. The van der Waals surface area contributed by atoms with E-state index in [1.165, 1.54) is 0 Å². The van der Waals surface area contributed by atoms with Crippen molar-refractivity contribution in [2.45, 2.75) is 58.1 Å². The van der Waals surface area contributed by atoms with Crippen molar-refractivity contribution in [3.63, 3.8) is 0 Å². The second-order valence-corrected chi connectivity index (χ2v) is 8.03. The lowest BCUT2D eigenvalue weighted by molar-refractivity contribution is 0.202. The maximum absolute atomic E-state index is 13.0. The van der Waals surface area contributed by atoms with Gasteiger partial charge in [-0.05, 0) is 62.3 Å². The number of rotatable bonds is 3. The molecule has 1 heterocycles. The third kappa shape index (κ3) is 3.00. The van der Waals surface area contributed by atoms with Crippen LogP contribution in [0.2, 0.25) is 0 Å². The normalized spacial score (nSPS) is 24.2. The van der Waals surface area contributed by atoms with E-state index < -0.39 is 10.0 Å². The van der Waals surface area contributed by atoms with Gasteiger partial charge in [0, 0.05) is 12.6 Å². The van der Waals surface area contributed by atoms with Crippen molar-refractivity contribution in [2.24, 2.45) is 5.92 Å². The summed E-state index contributed by atoms with van der Waals surface area (Å²) in [4.78, 5) is 0.340. The maximum Gasteiger partial charge on any atom is 0.243 e. The van der Waals surface area contributed by atoms with Gasteiger partial charge in [0.15, 0.2) is 0 Å². The SMILES string of the molecule is Cc1cc(CO)cc(S(=O)(=O)N2CCCC(C)C2C)c1C. The quantitative estimate of drug-likeness (QED) is 0.933. The van der Waals surface area contributed by atoms with E-state index in [4.69, 9.17) is 0 Å². The first-order valence-electron chi connectivity index (χ1n) is 7.52. The van der Waals surface area contributed by atoms with Gasteiger partial charge in [-0.15, -0.1) is 0 Å². The van der Waals surface area contributed by atoms with E-state index in [0.29, 0.717) is 22.9 Å². The predicted molar refractivity (Wildman–Crippen MR) is 83.6 cm³/mol. The van der Waals surface area contributed by atoms with Crippen LogP contribution in [-0.4, -0.2) is 30.4 Å². The van der Waals surface area contributed by atoms with Gasteiger partial charge in [0.1, 0.15) is 0 Å². The molecule has 2 unspecified atom stereocenters. The molecule has 2 rings (SSSR count). The van der Waals surface area contributed by atoms with Crippen molar-refractivity contribution >= 4 is 10.0 Å². The molecule has 118 valence electrons. The van der Waals surface area contributed by atoms with Crippen molar-refractivity contribution < 1.29 is 13.5 Å². The fourth-order valence-electron chi connectivity index (χ4n) is 3.02. The molecule has 1 aliphatic heterocycles. The van der Waals surface area contributed by atoms with Crippen molar-refractivity contribution in [1.82, 2.24) is 4.31 Å². The lowest BCUT2D eigenvalue weighted by Gasteiger charge is -2.37. The largest absolute Gasteiger partial charge is 0.392 e. The van der Waals surface area contributed by atoms with Crippen LogP contribution in [0.5, 0.6) is 0 Å². The predicted octanol–water partition coefficient (Wildman–Crippen LogP) is 2.60. The number of benzene rings is 1. The highest BCUT2D eigenvalue weighted by Crippen LogP contribution is 2.31. The van der Waals surface area contributed by atoms with Gasteiger partial charge in [0.25, 0.3) is 0 Å². The van der Waals surface area contributed by atoms with E-state index >= 15 is 0 Å². The lowest BCUT2D eigenvalue weighted by Crippen LogP contribution is -2.46. The van der Waals surface area contributed by atoms with Crippen LogP contribution in [0.1, 0.15) is 43.4 Å². The molecule has 0 bridgehead atoms. The molecule has 1 saturated heterocycles. The van der Waals surface area contributed by atoms with Crippen LogP contribution >= 0.6 is 0 Å². The molecule has 1 aliphatic rings. The molecule has 21 heavy (non-hydrogen) atoms. The fraction of sp³-hybridized carbons (Fsp3) is 0.625. The summed E-state index contributed by atoms with van der Waals surface area (Å²) in [5.74, 6) is 0.371. The molecular weight excluding hydrogens is 286 g/mol. The number of aliphatic hydroxyl groups excluding tert-OH is 1. The summed E-state index contributed by atoms with van der Waals surface area (Å²) >= 11 is 0. The Bertz CT molecular complexity index is 625. The highest BCUT2D eigenvalue weighted by molar-refractivity contribution is 7.89. The minimum absolute atomic E-state index is 0.0150. The van der Waals surface area contributed by atoms with Crippen molar-refractivity contribution in [3.8, 4) is 0 Å². The molecule has 1 aromatic carbocycles. The fourth-order valence-corrected chi connectivity index (χ4v) is 5.14.